The number of nitrogens with zero attached hydrogens (tertiary/aromatic N) is 2. The lowest BCUT2D eigenvalue weighted by Gasteiger charge is -2.15. The Morgan fingerprint density at radius 3 is 2.58 bits per heavy atom. The molecular weight excluding hydrogens is 347 g/mol. The summed E-state index contributed by atoms with van der Waals surface area (Å²) < 4.78 is 46.4. The minimum atomic E-state index is -4.94. The van der Waals surface area contributed by atoms with E-state index in [4.69, 9.17) is 4.74 Å². The molecule has 0 aliphatic carbocycles. The summed E-state index contributed by atoms with van der Waals surface area (Å²) in [5.41, 5.74) is -0.387. The van der Waals surface area contributed by atoms with E-state index >= 15 is 0 Å². The molecule has 0 unspecified atom stereocenters. The summed E-state index contributed by atoms with van der Waals surface area (Å²) in [7, 11) is 1.24. The minimum absolute atomic E-state index is 0.0617. The first kappa shape index (κ1) is 17.9. The Morgan fingerprint density at radius 2 is 1.96 bits per heavy atom. The summed E-state index contributed by atoms with van der Waals surface area (Å²) in [5, 5.41) is 2.99. The number of hydrogen-bond donors (Lipinski definition) is 1. The van der Waals surface area contributed by atoms with Crippen LogP contribution in [-0.4, -0.2) is 35.6 Å². The molecule has 24 heavy (non-hydrogen) atoms. The Morgan fingerprint density at radius 1 is 1.25 bits per heavy atom. The van der Waals surface area contributed by atoms with Crippen LogP contribution in [0.15, 0.2) is 35.6 Å². The maximum absolute atomic E-state index is 12.5. The summed E-state index contributed by atoms with van der Waals surface area (Å²) in [4.78, 5) is 20.2. The molecule has 1 N–H and O–H groups in total. The van der Waals surface area contributed by atoms with Crippen molar-refractivity contribution in [1.82, 2.24) is 9.97 Å². The lowest BCUT2D eigenvalue weighted by Crippen LogP contribution is -2.21. The molecule has 2 aromatic rings. The van der Waals surface area contributed by atoms with Crippen molar-refractivity contribution in [3.8, 4) is 11.5 Å². The number of carbonyl (C=O) groups is 1. The lowest BCUT2D eigenvalue weighted by molar-refractivity contribution is -0.274. The number of carbonyl (C=O) groups excluding carboxylic acids is 1. The molecular formula is C14H12F3N3O3S. The third-order valence-electron chi connectivity index (χ3n) is 2.75. The second kappa shape index (κ2) is 7.39. The van der Waals surface area contributed by atoms with Gasteiger partial charge in [0.1, 0.15) is 34.2 Å². The second-order valence-electron chi connectivity index (χ2n) is 4.28. The first-order valence-corrected chi connectivity index (χ1v) is 7.66. The first-order valence-electron chi connectivity index (χ1n) is 6.44. The monoisotopic (exact) mass is 359 g/mol. The molecule has 0 aliphatic rings. The van der Waals surface area contributed by atoms with E-state index in [1.807, 2.05) is 0 Å². The number of aromatic nitrogens is 2. The van der Waals surface area contributed by atoms with Gasteiger partial charge in [0, 0.05) is 6.07 Å². The molecule has 0 atom stereocenters. The number of thioether (sulfide) groups is 1. The molecule has 1 aromatic carbocycles. The van der Waals surface area contributed by atoms with Gasteiger partial charge in [0.2, 0.25) is 0 Å². The predicted molar refractivity (Wildman–Crippen MR) is 81.4 cm³/mol. The molecule has 128 valence electrons. The van der Waals surface area contributed by atoms with Crippen molar-refractivity contribution in [3.05, 3.63) is 36.2 Å². The van der Waals surface area contributed by atoms with Gasteiger partial charge in [-0.3, -0.25) is 4.79 Å². The molecule has 2 rings (SSSR count). The maximum atomic E-state index is 12.5. The molecule has 10 heteroatoms. The third-order valence-corrected chi connectivity index (χ3v) is 3.39. The van der Waals surface area contributed by atoms with Crippen molar-refractivity contribution in [2.75, 3.05) is 18.7 Å². The number of alkyl halides is 3. The van der Waals surface area contributed by atoms with E-state index in [0.717, 1.165) is 6.07 Å². The van der Waals surface area contributed by atoms with Gasteiger partial charge >= 0.3 is 6.36 Å². The lowest BCUT2D eigenvalue weighted by atomic mass is 10.1. The van der Waals surface area contributed by atoms with Gasteiger partial charge in [0.15, 0.2) is 0 Å². The molecule has 0 aliphatic heterocycles. The van der Waals surface area contributed by atoms with Gasteiger partial charge in [0.05, 0.1) is 7.11 Å². The minimum Gasteiger partial charge on any atom is -0.496 e. The fourth-order valence-corrected chi connectivity index (χ4v) is 2.19. The average Bonchev–Trinajstić information content (AvgIpc) is 2.53. The number of ether oxygens (including phenoxy) is 2. The number of rotatable bonds is 5. The van der Waals surface area contributed by atoms with Crippen LogP contribution in [0.5, 0.6) is 11.5 Å². The molecule has 0 radical (unpaired) electrons. The van der Waals surface area contributed by atoms with E-state index in [-0.39, 0.29) is 17.1 Å². The van der Waals surface area contributed by atoms with Gasteiger partial charge < -0.3 is 14.8 Å². The molecule has 0 bridgehead atoms. The predicted octanol–water partition coefficient (Wildman–Crippen LogP) is 3.36. The fraction of sp³-hybridized carbons (Fsp3) is 0.214. The van der Waals surface area contributed by atoms with Crippen LogP contribution in [0.4, 0.5) is 19.0 Å². The van der Waals surface area contributed by atoms with Crippen LogP contribution in [0.2, 0.25) is 0 Å². The Balaban J connectivity index is 2.36. The van der Waals surface area contributed by atoms with Crippen molar-refractivity contribution in [2.45, 2.75) is 11.4 Å². The quantitative estimate of drug-likeness (QED) is 0.652. The Hall–Kier alpha value is -2.49. The first-order chi connectivity index (χ1) is 11.3. The third kappa shape index (κ3) is 4.51. The number of halogens is 3. The van der Waals surface area contributed by atoms with Gasteiger partial charge in [0.25, 0.3) is 5.91 Å². The highest BCUT2D eigenvalue weighted by Crippen LogP contribution is 2.33. The van der Waals surface area contributed by atoms with E-state index in [1.165, 1.54) is 43.4 Å². The fourth-order valence-electron chi connectivity index (χ4n) is 1.81. The number of amides is 1. The van der Waals surface area contributed by atoms with Gasteiger partial charge in [-0.15, -0.1) is 24.9 Å². The molecule has 0 spiro atoms. The molecule has 1 heterocycles. The average molecular weight is 359 g/mol. The molecule has 0 fully saturated rings. The van der Waals surface area contributed by atoms with Crippen molar-refractivity contribution >= 4 is 23.5 Å². The van der Waals surface area contributed by atoms with Crippen LogP contribution in [0.3, 0.4) is 0 Å². The van der Waals surface area contributed by atoms with Crippen molar-refractivity contribution in [2.24, 2.45) is 0 Å². The summed E-state index contributed by atoms with van der Waals surface area (Å²) >= 11 is 1.32. The van der Waals surface area contributed by atoms with Gasteiger partial charge in [-0.2, -0.15) is 0 Å². The SMILES string of the molecule is COc1cccc(OC(F)(F)F)c1C(=O)Nc1cc(SC)ncn1. The normalized spacial score (nSPS) is 11.0. The zero-order valence-electron chi connectivity index (χ0n) is 12.5. The van der Waals surface area contributed by atoms with Crippen LogP contribution in [-0.2, 0) is 0 Å². The number of hydrogen-bond acceptors (Lipinski definition) is 6. The zero-order chi connectivity index (χ0) is 17.7. The molecule has 0 saturated heterocycles. The van der Waals surface area contributed by atoms with E-state index in [0.29, 0.717) is 5.03 Å². The van der Waals surface area contributed by atoms with Crippen LogP contribution in [0, 0.1) is 0 Å². The van der Waals surface area contributed by atoms with Crippen molar-refractivity contribution in [1.29, 1.82) is 0 Å². The Bertz CT molecular complexity index is 741. The molecule has 0 saturated carbocycles. The maximum Gasteiger partial charge on any atom is 0.573 e. The van der Waals surface area contributed by atoms with E-state index in [1.54, 1.807) is 6.26 Å². The highest BCUT2D eigenvalue weighted by atomic mass is 32.2. The van der Waals surface area contributed by atoms with Gasteiger partial charge in [-0.05, 0) is 18.4 Å². The largest absolute Gasteiger partial charge is 0.573 e. The summed E-state index contributed by atoms with van der Waals surface area (Å²) in [6.07, 6.45) is -1.93. The highest BCUT2D eigenvalue weighted by Gasteiger charge is 2.34. The van der Waals surface area contributed by atoms with Gasteiger partial charge in [-0.25, -0.2) is 9.97 Å². The molecule has 1 aromatic heterocycles. The topological polar surface area (TPSA) is 73.3 Å². The number of nitrogens with one attached hydrogen (secondary N) is 1. The van der Waals surface area contributed by atoms with Crippen molar-refractivity contribution < 1.29 is 27.4 Å². The molecule has 1 amide bonds. The van der Waals surface area contributed by atoms with E-state index < -0.39 is 18.0 Å². The standard InChI is InChI=1S/C14H12F3N3O3S/c1-22-8-4-3-5-9(23-14(15,16)17)12(8)13(21)20-10-6-11(24-2)19-7-18-10/h3-7H,1-2H3,(H,18,19,20,21). The number of anilines is 1. The van der Waals surface area contributed by atoms with E-state index in [2.05, 4.69) is 20.0 Å². The Labute approximate surface area is 139 Å². The highest BCUT2D eigenvalue weighted by molar-refractivity contribution is 7.98. The summed E-state index contributed by atoms with van der Waals surface area (Å²) in [6, 6.07) is 5.15. The molecule has 6 nitrogen and oxygen atoms in total. The zero-order valence-corrected chi connectivity index (χ0v) is 13.4. The number of methoxy groups -OCH3 is 1. The van der Waals surface area contributed by atoms with Crippen LogP contribution < -0.4 is 14.8 Å². The summed E-state index contributed by atoms with van der Waals surface area (Å²) in [5.74, 6) is -1.44. The van der Waals surface area contributed by atoms with Crippen LogP contribution in [0.25, 0.3) is 0 Å². The van der Waals surface area contributed by atoms with Crippen LogP contribution >= 0.6 is 11.8 Å². The van der Waals surface area contributed by atoms with Gasteiger partial charge in [-0.1, -0.05) is 6.07 Å². The smallest absolute Gasteiger partial charge is 0.496 e. The second-order valence-corrected chi connectivity index (χ2v) is 5.11. The van der Waals surface area contributed by atoms with Crippen LogP contribution in [0.1, 0.15) is 10.4 Å². The van der Waals surface area contributed by atoms with Crippen molar-refractivity contribution in [3.63, 3.8) is 0 Å². The number of benzene rings is 1. The summed E-state index contributed by atoms with van der Waals surface area (Å²) in [6.45, 7) is 0. The Kier molecular flexibility index (Phi) is 5.50. The van der Waals surface area contributed by atoms with E-state index in [9.17, 15) is 18.0 Å².